The van der Waals surface area contributed by atoms with Crippen LogP contribution in [0.15, 0.2) is 18.2 Å². The van der Waals surface area contributed by atoms with Gasteiger partial charge in [-0.1, -0.05) is 12.1 Å². The number of nitrogens with one attached hydrogen (secondary N) is 1. The summed E-state index contributed by atoms with van der Waals surface area (Å²) < 4.78 is 1.96. The zero-order valence-corrected chi connectivity index (χ0v) is 12.5. The highest BCUT2D eigenvalue weighted by Crippen LogP contribution is 2.32. The van der Waals surface area contributed by atoms with Gasteiger partial charge in [-0.3, -0.25) is 19.6 Å². The van der Waals surface area contributed by atoms with Crippen molar-refractivity contribution in [1.29, 1.82) is 0 Å². The van der Waals surface area contributed by atoms with E-state index in [0.29, 0.717) is 12.8 Å². The highest BCUT2D eigenvalue weighted by atomic mass is 16.2. The summed E-state index contributed by atoms with van der Waals surface area (Å²) >= 11 is 0. The van der Waals surface area contributed by atoms with Gasteiger partial charge in [0.2, 0.25) is 11.8 Å². The number of hydrogen-bond donors (Lipinski definition) is 1. The molecular weight excluding hydrogens is 266 g/mol. The first-order chi connectivity index (χ1) is 9.97. The van der Waals surface area contributed by atoms with Crippen LogP contribution in [0, 0.1) is 6.92 Å². The zero-order chi connectivity index (χ0) is 15.1. The largest absolute Gasteiger partial charge is 0.296 e. The summed E-state index contributed by atoms with van der Waals surface area (Å²) in [5, 5.41) is 8.09. The van der Waals surface area contributed by atoms with Crippen LogP contribution in [0.25, 0.3) is 10.9 Å². The van der Waals surface area contributed by atoms with Crippen LogP contribution in [-0.2, 0) is 9.59 Å². The fourth-order valence-electron chi connectivity index (χ4n) is 2.88. The average molecular weight is 285 g/mol. The van der Waals surface area contributed by atoms with E-state index < -0.39 is 0 Å². The molecule has 5 heteroatoms. The Morgan fingerprint density at radius 1 is 1.33 bits per heavy atom. The van der Waals surface area contributed by atoms with E-state index in [0.717, 1.165) is 16.6 Å². The number of amides is 2. The highest BCUT2D eigenvalue weighted by Gasteiger charge is 2.31. The second-order valence-electron chi connectivity index (χ2n) is 5.95. The summed E-state index contributed by atoms with van der Waals surface area (Å²) in [5.41, 5.74) is 2.99. The molecule has 2 amide bonds. The van der Waals surface area contributed by atoms with E-state index in [1.165, 1.54) is 5.56 Å². The van der Waals surface area contributed by atoms with Crippen LogP contribution < -0.4 is 5.32 Å². The molecule has 1 saturated heterocycles. The maximum atomic E-state index is 12.1. The predicted molar refractivity (Wildman–Crippen MR) is 80.0 cm³/mol. The van der Waals surface area contributed by atoms with Gasteiger partial charge >= 0.3 is 0 Å². The van der Waals surface area contributed by atoms with Crippen LogP contribution in [-0.4, -0.2) is 21.6 Å². The van der Waals surface area contributed by atoms with Crippen molar-refractivity contribution in [3.05, 3.63) is 29.5 Å². The number of aryl methyl sites for hydroxylation is 1. The molecule has 0 aliphatic carbocycles. The number of hydrogen-bond acceptors (Lipinski definition) is 3. The van der Waals surface area contributed by atoms with Gasteiger partial charge in [-0.05, 0) is 38.8 Å². The van der Waals surface area contributed by atoms with Gasteiger partial charge in [-0.2, -0.15) is 5.10 Å². The SMILES string of the molecule is Cc1ccc2c(C3CCC(=O)NC3=O)nn(C(C)C)c2c1. The lowest BCUT2D eigenvalue weighted by Crippen LogP contribution is -2.39. The third kappa shape index (κ3) is 2.33. The van der Waals surface area contributed by atoms with Gasteiger partial charge in [0.15, 0.2) is 0 Å². The molecule has 1 aliphatic heterocycles. The molecule has 1 aromatic carbocycles. The average Bonchev–Trinajstić information content (AvgIpc) is 2.77. The number of imide groups is 1. The molecule has 0 radical (unpaired) electrons. The van der Waals surface area contributed by atoms with E-state index in [9.17, 15) is 9.59 Å². The Morgan fingerprint density at radius 3 is 2.76 bits per heavy atom. The normalized spacial score (nSPS) is 19.3. The lowest BCUT2D eigenvalue weighted by molar-refractivity contribution is -0.134. The van der Waals surface area contributed by atoms with Gasteiger partial charge in [-0.25, -0.2) is 0 Å². The van der Waals surface area contributed by atoms with Gasteiger partial charge in [0.05, 0.1) is 17.1 Å². The lowest BCUT2D eigenvalue weighted by atomic mass is 9.92. The summed E-state index contributed by atoms with van der Waals surface area (Å²) in [6.07, 6.45) is 0.904. The zero-order valence-electron chi connectivity index (χ0n) is 12.5. The second-order valence-corrected chi connectivity index (χ2v) is 5.95. The van der Waals surface area contributed by atoms with Gasteiger partial charge in [-0.15, -0.1) is 0 Å². The first-order valence-electron chi connectivity index (χ1n) is 7.30. The van der Waals surface area contributed by atoms with Gasteiger partial charge in [0, 0.05) is 17.8 Å². The molecule has 0 spiro atoms. The van der Waals surface area contributed by atoms with Crippen LogP contribution in [0.3, 0.4) is 0 Å². The van der Waals surface area contributed by atoms with Crippen LogP contribution >= 0.6 is 0 Å². The standard InChI is InChI=1S/C16H19N3O2/c1-9(2)19-13-8-10(3)4-5-11(13)15(18-19)12-6-7-14(20)17-16(12)21/h4-5,8-9,12H,6-7H2,1-3H3,(H,17,20,21). The topological polar surface area (TPSA) is 64.0 Å². The fraction of sp³-hybridized carbons (Fsp3) is 0.438. The number of piperidine rings is 1. The van der Waals surface area contributed by atoms with Crippen molar-refractivity contribution in [2.45, 2.75) is 45.6 Å². The number of carbonyl (C=O) groups excluding carboxylic acids is 2. The van der Waals surface area contributed by atoms with Crippen LogP contribution in [0.2, 0.25) is 0 Å². The number of carbonyl (C=O) groups is 2. The third-order valence-electron chi connectivity index (χ3n) is 3.95. The van der Waals surface area contributed by atoms with E-state index in [2.05, 4.69) is 30.3 Å². The highest BCUT2D eigenvalue weighted by molar-refractivity contribution is 6.02. The Hall–Kier alpha value is -2.17. The first-order valence-corrected chi connectivity index (χ1v) is 7.30. The minimum Gasteiger partial charge on any atom is -0.296 e. The molecule has 21 heavy (non-hydrogen) atoms. The summed E-state index contributed by atoms with van der Waals surface area (Å²) in [6, 6.07) is 6.37. The molecule has 2 heterocycles. The molecule has 1 unspecified atom stereocenters. The van der Waals surface area contributed by atoms with Crippen molar-refractivity contribution in [3.63, 3.8) is 0 Å². The number of rotatable bonds is 2. The van der Waals surface area contributed by atoms with Crippen molar-refractivity contribution >= 4 is 22.7 Å². The van der Waals surface area contributed by atoms with Crippen molar-refractivity contribution in [2.24, 2.45) is 0 Å². The Labute approximate surface area is 123 Å². The van der Waals surface area contributed by atoms with E-state index in [4.69, 9.17) is 0 Å². The number of nitrogens with zero attached hydrogens (tertiary/aromatic N) is 2. The summed E-state index contributed by atoms with van der Waals surface area (Å²) in [7, 11) is 0. The fourth-order valence-corrected chi connectivity index (χ4v) is 2.88. The number of aromatic nitrogens is 2. The van der Waals surface area contributed by atoms with Crippen molar-refractivity contribution in [3.8, 4) is 0 Å². The molecule has 5 nitrogen and oxygen atoms in total. The van der Waals surface area contributed by atoms with E-state index in [-0.39, 0.29) is 23.8 Å². The van der Waals surface area contributed by atoms with E-state index in [1.54, 1.807) is 0 Å². The van der Waals surface area contributed by atoms with Gasteiger partial charge in [0.1, 0.15) is 0 Å². The minimum absolute atomic E-state index is 0.195. The molecule has 1 fully saturated rings. The number of fused-ring (bicyclic) bond motifs is 1. The second kappa shape index (κ2) is 4.98. The predicted octanol–water partition coefficient (Wildman–Crippen LogP) is 2.45. The molecule has 1 N–H and O–H groups in total. The van der Waals surface area contributed by atoms with Gasteiger partial charge in [0.25, 0.3) is 0 Å². The van der Waals surface area contributed by atoms with E-state index in [1.807, 2.05) is 23.7 Å². The molecule has 110 valence electrons. The minimum atomic E-state index is -0.340. The Balaban J connectivity index is 2.14. The molecule has 1 atom stereocenters. The quantitative estimate of drug-likeness (QED) is 0.862. The third-order valence-corrected chi connectivity index (χ3v) is 3.95. The molecule has 3 rings (SSSR count). The summed E-state index contributed by atoms with van der Waals surface area (Å²) in [4.78, 5) is 23.4. The van der Waals surface area contributed by atoms with Crippen molar-refractivity contribution in [1.82, 2.24) is 15.1 Å². The maximum absolute atomic E-state index is 12.1. The Morgan fingerprint density at radius 2 is 2.10 bits per heavy atom. The van der Waals surface area contributed by atoms with Crippen LogP contribution in [0.4, 0.5) is 0 Å². The molecule has 1 aliphatic rings. The molecule has 0 saturated carbocycles. The van der Waals surface area contributed by atoms with E-state index >= 15 is 0 Å². The van der Waals surface area contributed by atoms with Gasteiger partial charge < -0.3 is 0 Å². The smallest absolute Gasteiger partial charge is 0.235 e. The van der Waals surface area contributed by atoms with Crippen LogP contribution in [0.1, 0.15) is 49.9 Å². The van der Waals surface area contributed by atoms with Crippen LogP contribution in [0.5, 0.6) is 0 Å². The summed E-state index contributed by atoms with van der Waals surface area (Å²) in [6.45, 7) is 6.19. The Bertz CT molecular complexity index is 730. The first kappa shape index (κ1) is 13.8. The molecule has 2 aromatic rings. The summed E-state index contributed by atoms with van der Waals surface area (Å²) in [5.74, 6) is -0.769. The Kier molecular flexibility index (Phi) is 3.27. The molecule has 0 bridgehead atoms. The number of benzene rings is 1. The maximum Gasteiger partial charge on any atom is 0.235 e. The van der Waals surface area contributed by atoms with Crippen molar-refractivity contribution in [2.75, 3.05) is 0 Å². The molecular formula is C16H19N3O2. The monoisotopic (exact) mass is 285 g/mol. The van der Waals surface area contributed by atoms with Crippen molar-refractivity contribution < 1.29 is 9.59 Å². The lowest BCUT2D eigenvalue weighted by Gasteiger charge is -2.19. The molecule has 1 aromatic heterocycles.